The lowest BCUT2D eigenvalue weighted by molar-refractivity contribution is -0.132. The molecule has 0 unspecified atom stereocenters. The second-order valence-electron chi connectivity index (χ2n) is 16.1. The van der Waals surface area contributed by atoms with Gasteiger partial charge in [-0.15, -0.1) is 0 Å². The van der Waals surface area contributed by atoms with Crippen LogP contribution in [0.2, 0.25) is 0 Å². The van der Waals surface area contributed by atoms with Gasteiger partial charge in [-0.2, -0.15) is 0 Å². The van der Waals surface area contributed by atoms with E-state index in [0.717, 1.165) is 27.9 Å². The highest BCUT2D eigenvalue weighted by Crippen LogP contribution is 2.23. The largest absolute Gasteiger partial charge is 0.453 e. The number of hydrogen-bond acceptors (Lipinski definition) is 9. The molecule has 0 saturated carbocycles. The first kappa shape index (κ1) is 43.9. The van der Waals surface area contributed by atoms with Crippen molar-refractivity contribution in [2.24, 2.45) is 10.8 Å². The zero-order chi connectivity index (χ0) is 41.6. The van der Waals surface area contributed by atoms with E-state index >= 15 is 0 Å². The maximum atomic E-state index is 14.2. The topological polar surface area (TPSA) is 171 Å². The van der Waals surface area contributed by atoms with Crippen molar-refractivity contribution in [1.82, 2.24) is 31.4 Å². The second kappa shape index (κ2) is 20.4. The Labute approximate surface area is 335 Å². The Balaban J connectivity index is 1.62. The number of aliphatic hydroxyl groups is 1. The molecule has 5 N–H and O–H groups in total. The van der Waals surface area contributed by atoms with Crippen LogP contribution in [0.15, 0.2) is 109 Å². The van der Waals surface area contributed by atoms with Gasteiger partial charge in [0.05, 0.1) is 24.9 Å². The summed E-state index contributed by atoms with van der Waals surface area (Å²) >= 11 is 0. The first-order valence-electron chi connectivity index (χ1n) is 18.9. The molecule has 0 aliphatic heterocycles. The van der Waals surface area contributed by atoms with Crippen molar-refractivity contribution in [3.63, 3.8) is 0 Å². The summed E-state index contributed by atoms with van der Waals surface area (Å²) in [6.45, 7) is 10.9. The molecule has 1 aromatic heterocycles. The number of ether oxygens (including phenoxy) is 2. The summed E-state index contributed by atoms with van der Waals surface area (Å²) in [4.78, 5) is 57.7. The van der Waals surface area contributed by atoms with Crippen molar-refractivity contribution in [3.05, 3.63) is 126 Å². The maximum Gasteiger partial charge on any atom is 0.408 e. The van der Waals surface area contributed by atoms with Gasteiger partial charge in [-0.1, -0.05) is 133 Å². The van der Waals surface area contributed by atoms with E-state index < -0.39 is 59.1 Å². The minimum absolute atomic E-state index is 0.0255. The number of alkyl carbamates (subject to hydrolysis) is 2. The monoisotopic (exact) mass is 780 g/mol. The molecule has 0 fully saturated rings. The summed E-state index contributed by atoms with van der Waals surface area (Å²) < 4.78 is 10.2. The van der Waals surface area contributed by atoms with Crippen LogP contribution < -0.4 is 21.4 Å². The van der Waals surface area contributed by atoms with Crippen LogP contribution in [-0.2, 0) is 38.6 Å². The van der Waals surface area contributed by atoms with Crippen LogP contribution in [0, 0.1) is 10.8 Å². The number of carbonyl (C=O) groups excluding carboxylic acids is 4. The van der Waals surface area contributed by atoms with E-state index in [4.69, 9.17) is 9.47 Å². The number of amides is 4. The van der Waals surface area contributed by atoms with E-state index in [2.05, 4.69) is 26.4 Å². The first-order chi connectivity index (χ1) is 27.0. The van der Waals surface area contributed by atoms with E-state index in [1.807, 2.05) is 145 Å². The molecule has 1 heterocycles. The summed E-state index contributed by atoms with van der Waals surface area (Å²) in [7, 11) is 1.22. The summed E-state index contributed by atoms with van der Waals surface area (Å²) in [6.07, 6.45) is -0.802. The summed E-state index contributed by atoms with van der Waals surface area (Å²) in [5, 5.41) is 21.9. The molecular formula is C44H56N6O7. The molecular weight excluding hydrogens is 725 g/mol. The highest BCUT2D eigenvalue weighted by atomic mass is 16.5. The lowest BCUT2D eigenvalue weighted by atomic mass is 9.85. The van der Waals surface area contributed by atoms with Gasteiger partial charge in [-0.05, 0) is 46.1 Å². The number of aliphatic hydroxyl groups excluding tert-OH is 1. The average molecular weight is 781 g/mol. The number of benzene rings is 3. The Morgan fingerprint density at radius 3 is 1.81 bits per heavy atom. The first-order valence-corrected chi connectivity index (χ1v) is 18.9. The fraction of sp³-hybridized carbons (Fsp3) is 0.386. The van der Waals surface area contributed by atoms with E-state index in [9.17, 15) is 24.3 Å². The molecule has 4 aromatic rings. The number of methoxy groups -OCH3 is 1. The zero-order valence-corrected chi connectivity index (χ0v) is 33.8. The third kappa shape index (κ3) is 14.0. The second-order valence-corrected chi connectivity index (χ2v) is 16.1. The Kier molecular flexibility index (Phi) is 15.7. The minimum Gasteiger partial charge on any atom is -0.453 e. The summed E-state index contributed by atoms with van der Waals surface area (Å²) in [6, 6.07) is 29.0. The van der Waals surface area contributed by atoms with E-state index in [-0.39, 0.29) is 26.1 Å². The van der Waals surface area contributed by atoms with E-state index in [0.29, 0.717) is 0 Å². The van der Waals surface area contributed by atoms with Crippen LogP contribution >= 0.6 is 0 Å². The van der Waals surface area contributed by atoms with Gasteiger partial charge in [-0.3, -0.25) is 20.0 Å². The third-order valence-corrected chi connectivity index (χ3v) is 9.23. The Morgan fingerprint density at radius 2 is 1.25 bits per heavy atom. The lowest BCUT2D eigenvalue weighted by Gasteiger charge is -2.35. The standard InChI is InChI=1S/C44H56N6O7/c1-43(2,3)37(47-41(54)56-7)39(52)46-35(26-30-16-10-8-11-17-30)36(51)28-50(27-31-21-23-33(24-22-31)34-20-14-15-25-45-34)49-40(53)38(44(4,5)6)48-42(55)57-29-32-18-12-9-13-19-32/h8-25,35-38,51H,26-29H2,1-7H3,(H,46,52)(H,47,54)(H,48,55)(H,49,53)/t35-,36-,37+,38+/m0/s1. The van der Waals surface area contributed by atoms with Gasteiger partial charge in [0.25, 0.3) is 5.91 Å². The van der Waals surface area contributed by atoms with Crippen molar-refractivity contribution in [1.29, 1.82) is 0 Å². The number of hydrazine groups is 1. The number of aromatic nitrogens is 1. The number of nitrogens with zero attached hydrogens (tertiary/aromatic N) is 2. The van der Waals surface area contributed by atoms with Gasteiger partial charge in [-0.25, -0.2) is 14.6 Å². The van der Waals surface area contributed by atoms with Crippen molar-refractivity contribution in [2.45, 2.75) is 85.3 Å². The van der Waals surface area contributed by atoms with Crippen LogP contribution in [-0.4, -0.2) is 77.0 Å². The number of hydrogen-bond donors (Lipinski definition) is 5. The van der Waals surface area contributed by atoms with Gasteiger partial charge in [0.2, 0.25) is 5.91 Å². The molecule has 13 nitrogen and oxygen atoms in total. The molecule has 4 rings (SSSR count). The third-order valence-electron chi connectivity index (χ3n) is 9.23. The average Bonchev–Trinajstić information content (AvgIpc) is 3.18. The van der Waals surface area contributed by atoms with Crippen LogP contribution in [0.3, 0.4) is 0 Å². The SMILES string of the molecule is COC(=O)N[C@H](C(=O)N[C@@H](Cc1ccccc1)[C@@H](O)CN(Cc1ccc(-c2ccccn2)cc1)NC(=O)[C@@H](NC(=O)OCc1ccccc1)C(C)(C)C)C(C)(C)C. The molecule has 57 heavy (non-hydrogen) atoms. The predicted molar refractivity (Wildman–Crippen MR) is 218 cm³/mol. The number of carbonyl (C=O) groups is 4. The molecule has 304 valence electrons. The van der Waals surface area contributed by atoms with Gasteiger partial charge in [0.15, 0.2) is 0 Å². The molecule has 0 saturated heterocycles. The molecule has 0 aliphatic rings. The van der Waals surface area contributed by atoms with E-state index in [1.165, 1.54) is 7.11 Å². The van der Waals surface area contributed by atoms with Crippen LogP contribution in [0.4, 0.5) is 9.59 Å². The minimum atomic E-state index is -1.24. The van der Waals surface area contributed by atoms with Crippen LogP contribution in [0.5, 0.6) is 0 Å². The summed E-state index contributed by atoms with van der Waals surface area (Å²) in [5.74, 6) is -1.05. The lowest BCUT2D eigenvalue weighted by Crippen LogP contribution is -2.60. The van der Waals surface area contributed by atoms with E-state index in [1.54, 1.807) is 11.2 Å². The number of rotatable bonds is 16. The maximum absolute atomic E-state index is 14.2. The van der Waals surface area contributed by atoms with Crippen molar-refractivity contribution in [2.75, 3.05) is 13.7 Å². The molecule has 0 aliphatic carbocycles. The fourth-order valence-electron chi connectivity index (χ4n) is 6.09. The summed E-state index contributed by atoms with van der Waals surface area (Å²) in [5.41, 5.74) is 5.65. The van der Waals surface area contributed by atoms with Crippen molar-refractivity contribution >= 4 is 24.0 Å². The van der Waals surface area contributed by atoms with Crippen molar-refractivity contribution < 1.29 is 33.8 Å². The zero-order valence-electron chi connectivity index (χ0n) is 33.8. The van der Waals surface area contributed by atoms with Gasteiger partial charge >= 0.3 is 12.2 Å². The van der Waals surface area contributed by atoms with Crippen molar-refractivity contribution in [3.8, 4) is 11.3 Å². The number of nitrogens with one attached hydrogen (secondary N) is 4. The van der Waals surface area contributed by atoms with Crippen LogP contribution in [0.1, 0.15) is 58.2 Å². The molecule has 3 aromatic carbocycles. The molecule has 13 heteroatoms. The number of pyridine rings is 1. The molecule has 0 spiro atoms. The van der Waals surface area contributed by atoms with Crippen LogP contribution in [0.25, 0.3) is 11.3 Å². The molecule has 0 radical (unpaired) electrons. The molecule has 4 atom stereocenters. The van der Waals surface area contributed by atoms with Gasteiger partial charge in [0, 0.05) is 24.8 Å². The predicted octanol–water partition coefficient (Wildman–Crippen LogP) is 5.78. The highest BCUT2D eigenvalue weighted by molar-refractivity contribution is 5.87. The highest BCUT2D eigenvalue weighted by Gasteiger charge is 2.37. The quantitative estimate of drug-likeness (QED) is 0.0885. The molecule has 0 bridgehead atoms. The Bertz CT molecular complexity index is 1880. The Hall–Kier alpha value is -5.79. The normalized spacial score (nSPS) is 13.7. The fourth-order valence-corrected chi connectivity index (χ4v) is 6.09. The Morgan fingerprint density at radius 1 is 0.684 bits per heavy atom. The molecule has 4 amide bonds. The smallest absolute Gasteiger partial charge is 0.408 e. The van der Waals surface area contributed by atoms with Gasteiger partial charge < -0.3 is 30.5 Å². The van der Waals surface area contributed by atoms with Gasteiger partial charge in [0.1, 0.15) is 18.7 Å².